The number of aromatic nitrogens is 1. The molecule has 112 valence electrons. The van der Waals surface area contributed by atoms with E-state index in [9.17, 15) is 5.11 Å². The van der Waals surface area contributed by atoms with E-state index in [4.69, 9.17) is 23.2 Å². The molecule has 0 radical (unpaired) electrons. The maximum absolute atomic E-state index is 10.3. The Hall–Kier alpha value is -1.68. The van der Waals surface area contributed by atoms with E-state index in [0.717, 1.165) is 40.1 Å². The zero-order valence-electron chi connectivity index (χ0n) is 11.7. The summed E-state index contributed by atoms with van der Waals surface area (Å²) < 4.78 is 0. The summed E-state index contributed by atoms with van der Waals surface area (Å²) in [5, 5.41) is 16.0. The Labute approximate surface area is 137 Å². The van der Waals surface area contributed by atoms with Crippen molar-refractivity contribution in [3.05, 3.63) is 63.3 Å². The lowest BCUT2D eigenvalue weighted by Crippen LogP contribution is -2.30. The highest BCUT2D eigenvalue weighted by Gasteiger charge is 2.27. The second kappa shape index (κ2) is 5.20. The molecule has 5 heteroatoms. The maximum Gasteiger partial charge on any atom is 0.139 e. The number of H-pyrrole nitrogens is 1. The number of aromatic amines is 1. The van der Waals surface area contributed by atoms with Crippen molar-refractivity contribution in [2.24, 2.45) is 0 Å². The number of para-hydroxylation sites is 1. The van der Waals surface area contributed by atoms with Gasteiger partial charge in [0.15, 0.2) is 0 Å². The molecule has 1 unspecified atom stereocenters. The van der Waals surface area contributed by atoms with E-state index in [1.165, 1.54) is 5.56 Å². The van der Waals surface area contributed by atoms with Crippen LogP contribution in [0.15, 0.2) is 36.4 Å². The minimum Gasteiger partial charge on any atom is -0.506 e. The van der Waals surface area contributed by atoms with Gasteiger partial charge in [0.2, 0.25) is 0 Å². The molecule has 3 N–H and O–H groups in total. The molecule has 22 heavy (non-hydrogen) atoms. The third-order valence-corrected chi connectivity index (χ3v) is 4.78. The van der Waals surface area contributed by atoms with Gasteiger partial charge >= 0.3 is 0 Å². The van der Waals surface area contributed by atoms with Gasteiger partial charge in [-0.25, -0.2) is 0 Å². The molecule has 1 aliphatic rings. The smallest absolute Gasteiger partial charge is 0.139 e. The fourth-order valence-electron chi connectivity index (χ4n) is 3.23. The summed E-state index contributed by atoms with van der Waals surface area (Å²) in [6, 6.07) is 11.2. The quantitative estimate of drug-likeness (QED) is 0.618. The van der Waals surface area contributed by atoms with E-state index in [2.05, 4.69) is 10.3 Å². The number of phenolic OH excluding ortho intramolecular Hbond substituents is 1. The van der Waals surface area contributed by atoms with Crippen LogP contribution < -0.4 is 5.32 Å². The summed E-state index contributed by atoms with van der Waals surface area (Å²) in [5.74, 6) is 0.131. The molecule has 1 atom stereocenters. The normalized spacial score (nSPS) is 17.6. The zero-order chi connectivity index (χ0) is 15.3. The molecule has 0 saturated carbocycles. The summed E-state index contributed by atoms with van der Waals surface area (Å²) in [6.45, 7) is 0.836. The van der Waals surface area contributed by atoms with Crippen LogP contribution in [-0.4, -0.2) is 16.6 Å². The number of nitrogens with one attached hydrogen (secondary N) is 2. The highest BCUT2D eigenvalue weighted by molar-refractivity contribution is 6.32. The summed E-state index contributed by atoms with van der Waals surface area (Å²) in [7, 11) is 0. The summed E-state index contributed by atoms with van der Waals surface area (Å²) >= 11 is 12.2. The van der Waals surface area contributed by atoms with E-state index in [-0.39, 0.29) is 11.8 Å². The number of fused-ring (bicyclic) bond motifs is 3. The predicted molar refractivity (Wildman–Crippen MR) is 90.0 cm³/mol. The minimum absolute atomic E-state index is 0.103. The van der Waals surface area contributed by atoms with Gasteiger partial charge in [-0.05, 0) is 36.2 Å². The Bertz CT molecular complexity index is 872. The molecule has 3 nitrogen and oxygen atoms in total. The van der Waals surface area contributed by atoms with Gasteiger partial charge in [-0.3, -0.25) is 0 Å². The molecule has 0 saturated heterocycles. The van der Waals surface area contributed by atoms with Crippen LogP contribution in [0.5, 0.6) is 5.75 Å². The van der Waals surface area contributed by atoms with Crippen LogP contribution >= 0.6 is 23.2 Å². The predicted octanol–water partition coefficient (Wildman–Crippen LogP) is 4.42. The van der Waals surface area contributed by atoms with Crippen LogP contribution in [0, 0.1) is 0 Å². The number of aromatic hydroxyl groups is 1. The van der Waals surface area contributed by atoms with Gasteiger partial charge in [0, 0.05) is 33.7 Å². The molecule has 0 spiro atoms. The van der Waals surface area contributed by atoms with E-state index in [0.29, 0.717) is 5.02 Å². The number of hydrogen-bond donors (Lipinski definition) is 3. The molecule has 1 aromatic heterocycles. The molecule has 0 amide bonds. The summed E-state index contributed by atoms with van der Waals surface area (Å²) in [6.07, 6.45) is 0.924. The van der Waals surface area contributed by atoms with Gasteiger partial charge < -0.3 is 15.4 Å². The van der Waals surface area contributed by atoms with Gasteiger partial charge in [0.25, 0.3) is 0 Å². The fourth-order valence-corrected chi connectivity index (χ4v) is 3.58. The lowest BCUT2D eigenvalue weighted by atomic mass is 9.94. The minimum atomic E-state index is -0.103. The van der Waals surface area contributed by atoms with Crippen molar-refractivity contribution in [3.63, 3.8) is 0 Å². The Morgan fingerprint density at radius 1 is 1.14 bits per heavy atom. The molecule has 1 aliphatic heterocycles. The lowest BCUT2D eigenvalue weighted by Gasteiger charge is -2.25. The van der Waals surface area contributed by atoms with Crippen molar-refractivity contribution >= 4 is 34.1 Å². The molecule has 2 aromatic carbocycles. The van der Waals surface area contributed by atoms with Crippen LogP contribution in [-0.2, 0) is 6.42 Å². The summed E-state index contributed by atoms with van der Waals surface area (Å²) in [5.41, 5.74) is 4.16. The lowest BCUT2D eigenvalue weighted by molar-refractivity contribution is 0.453. The van der Waals surface area contributed by atoms with Crippen molar-refractivity contribution in [3.8, 4) is 5.75 Å². The topological polar surface area (TPSA) is 48.0 Å². The first-order valence-electron chi connectivity index (χ1n) is 7.16. The van der Waals surface area contributed by atoms with Gasteiger partial charge in [-0.2, -0.15) is 0 Å². The van der Waals surface area contributed by atoms with Gasteiger partial charge in [0.1, 0.15) is 5.75 Å². The van der Waals surface area contributed by atoms with E-state index < -0.39 is 0 Å². The standard InChI is InChI=1S/C17H14Cl2N2O/c18-9-4-5-14-12(8-9)10-6-7-20-15(16(10)21-14)11-2-1-3-13(19)17(11)22/h1-5,8,15,20-22H,6-7H2. The largest absolute Gasteiger partial charge is 0.506 e. The first kappa shape index (κ1) is 13.9. The average molecular weight is 333 g/mol. The van der Waals surface area contributed by atoms with E-state index >= 15 is 0 Å². The summed E-state index contributed by atoms with van der Waals surface area (Å²) in [4.78, 5) is 3.46. The van der Waals surface area contributed by atoms with Crippen molar-refractivity contribution in [1.29, 1.82) is 0 Å². The van der Waals surface area contributed by atoms with Crippen LogP contribution in [0.2, 0.25) is 10.0 Å². The first-order valence-corrected chi connectivity index (χ1v) is 7.91. The van der Waals surface area contributed by atoms with Crippen molar-refractivity contribution < 1.29 is 5.11 Å². The van der Waals surface area contributed by atoms with Crippen LogP contribution in [0.4, 0.5) is 0 Å². The molecule has 0 fully saturated rings. The third kappa shape index (κ3) is 2.09. The van der Waals surface area contributed by atoms with Crippen LogP contribution in [0.25, 0.3) is 10.9 Å². The Morgan fingerprint density at radius 2 is 2.00 bits per heavy atom. The molecule has 3 aromatic rings. The monoisotopic (exact) mass is 332 g/mol. The van der Waals surface area contributed by atoms with E-state index in [1.807, 2.05) is 30.3 Å². The molecule has 0 bridgehead atoms. The number of halogens is 2. The van der Waals surface area contributed by atoms with Crippen LogP contribution in [0.1, 0.15) is 22.9 Å². The molecular formula is C17H14Cl2N2O. The highest BCUT2D eigenvalue weighted by atomic mass is 35.5. The van der Waals surface area contributed by atoms with Gasteiger partial charge in [-0.15, -0.1) is 0 Å². The third-order valence-electron chi connectivity index (χ3n) is 4.24. The Balaban J connectivity index is 1.92. The van der Waals surface area contributed by atoms with Crippen molar-refractivity contribution in [2.75, 3.05) is 6.54 Å². The van der Waals surface area contributed by atoms with Crippen LogP contribution in [0.3, 0.4) is 0 Å². The second-order valence-electron chi connectivity index (χ2n) is 5.52. The number of rotatable bonds is 1. The number of phenols is 1. The Kier molecular flexibility index (Phi) is 3.30. The van der Waals surface area contributed by atoms with Crippen molar-refractivity contribution in [2.45, 2.75) is 12.5 Å². The SMILES string of the molecule is Oc1c(Cl)cccc1C1NCCc2c1[nH]c1ccc(Cl)cc21. The molecular weight excluding hydrogens is 319 g/mol. The van der Waals surface area contributed by atoms with Crippen molar-refractivity contribution in [1.82, 2.24) is 10.3 Å². The van der Waals surface area contributed by atoms with Gasteiger partial charge in [0.05, 0.1) is 11.1 Å². The van der Waals surface area contributed by atoms with E-state index in [1.54, 1.807) is 6.07 Å². The number of hydrogen-bond acceptors (Lipinski definition) is 2. The molecule has 4 rings (SSSR count). The average Bonchev–Trinajstić information content (AvgIpc) is 2.88. The molecule has 0 aliphatic carbocycles. The maximum atomic E-state index is 10.3. The highest BCUT2D eigenvalue weighted by Crippen LogP contribution is 2.39. The molecule has 2 heterocycles. The van der Waals surface area contributed by atoms with Gasteiger partial charge in [-0.1, -0.05) is 35.3 Å². The fraction of sp³-hybridized carbons (Fsp3) is 0.176. The number of benzene rings is 2. The zero-order valence-corrected chi connectivity index (χ0v) is 13.2. The Morgan fingerprint density at radius 3 is 2.86 bits per heavy atom. The first-order chi connectivity index (χ1) is 10.6. The second-order valence-corrected chi connectivity index (χ2v) is 6.37.